The van der Waals surface area contributed by atoms with Crippen LogP contribution < -0.4 is 10.0 Å². The van der Waals surface area contributed by atoms with E-state index >= 15 is 0 Å². The van der Waals surface area contributed by atoms with Gasteiger partial charge in [-0.3, -0.25) is 4.79 Å². The molecule has 1 heterocycles. The first kappa shape index (κ1) is 19.4. The van der Waals surface area contributed by atoms with Crippen molar-refractivity contribution in [3.63, 3.8) is 0 Å². The summed E-state index contributed by atoms with van der Waals surface area (Å²) in [7, 11) is -3.54. The summed E-state index contributed by atoms with van der Waals surface area (Å²) < 4.78 is 32.4. The lowest BCUT2D eigenvalue weighted by Crippen LogP contribution is -2.30. The lowest BCUT2D eigenvalue weighted by atomic mass is 10.3. The zero-order chi connectivity index (χ0) is 19.6. The first-order valence-corrected chi connectivity index (χ1v) is 10.4. The molecule has 6 nitrogen and oxygen atoms in total. The van der Waals surface area contributed by atoms with Crippen molar-refractivity contribution < 1.29 is 17.6 Å². The Balaban J connectivity index is 1.58. The van der Waals surface area contributed by atoms with Crippen molar-refractivity contribution in [3.8, 4) is 0 Å². The van der Waals surface area contributed by atoms with E-state index in [1.54, 1.807) is 32.1 Å². The minimum Gasteiger partial charge on any atom is -0.461 e. The number of amides is 1. The summed E-state index contributed by atoms with van der Waals surface area (Å²) in [6, 6.07) is 9.64. The predicted molar refractivity (Wildman–Crippen MR) is 105 cm³/mol. The summed E-state index contributed by atoms with van der Waals surface area (Å²) in [4.78, 5) is 12.2. The summed E-state index contributed by atoms with van der Waals surface area (Å²) in [6.07, 6.45) is 4.16. The van der Waals surface area contributed by atoms with Crippen LogP contribution in [0.1, 0.15) is 44.6 Å². The zero-order valence-electron chi connectivity index (χ0n) is 15.6. The fraction of sp³-hybridized carbons (Fsp3) is 0.350. The van der Waals surface area contributed by atoms with Crippen LogP contribution in [-0.4, -0.2) is 20.4 Å². The molecule has 2 atom stereocenters. The number of hydrogen-bond donors (Lipinski definition) is 2. The summed E-state index contributed by atoms with van der Waals surface area (Å²) >= 11 is 0. The van der Waals surface area contributed by atoms with Crippen molar-refractivity contribution in [2.45, 2.75) is 44.0 Å². The minimum atomic E-state index is -3.54. The van der Waals surface area contributed by atoms with Crippen LogP contribution in [-0.2, 0) is 14.8 Å². The highest BCUT2D eigenvalue weighted by Crippen LogP contribution is 2.47. The fourth-order valence-corrected chi connectivity index (χ4v) is 4.06. The molecule has 0 aliphatic heterocycles. The van der Waals surface area contributed by atoms with E-state index in [9.17, 15) is 13.2 Å². The number of hydrogen-bond acceptors (Lipinski definition) is 4. The Kier molecular flexibility index (Phi) is 5.53. The summed E-state index contributed by atoms with van der Waals surface area (Å²) in [5, 5.41) is 2.70. The Morgan fingerprint density at radius 3 is 2.44 bits per heavy atom. The first-order valence-electron chi connectivity index (χ1n) is 8.96. The molecule has 1 aliphatic carbocycles. The molecule has 1 amide bonds. The largest absolute Gasteiger partial charge is 0.461 e. The molecule has 0 radical (unpaired) electrons. The van der Waals surface area contributed by atoms with Crippen LogP contribution in [0.25, 0.3) is 6.08 Å². The molecule has 2 N–H and O–H groups in total. The van der Waals surface area contributed by atoms with Crippen LogP contribution in [0.3, 0.4) is 0 Å². The lowest BCUT2D eigenvalue weighted by Gasteiger charge is -2.10. The Bertz CT molecular complexity index is 943. The SMILES string of the molecule is CC(C)NS(=O)(=O)c1ccc(NC(=O)C=Cc2ccc(C3CC3C)o2)cc1. The summed E-state index contributed by atoms with van der Waals surface area (Å²) in [5.41, 5.74) is 0.514. The number of anilines is 1. The smallest absolute Gasteiger partial charge is 0.248 e. The molecule has 1 fully saturated rings. The second kappa shape index (κ2) is 7.70. The molecule has 1 aromatic carbocycles. The molecule has 2 aromatic rings. The maximum Gasteiger partial charge on any atom is 0.248 e. The molecule has 1 aliphatic rings. The molecule has 0 spiro atoms. The monoisotopic (exact) mass is 388 g/mol. The number of benzene rings is 1. The molecule has 2 unspecified atom stereocenters. The third kappa shape index (κ3) is 5.08. The van der Waals surface area contributed by atoms with Gasteiger partial charge in [0.25, 0.3) is 0 Å². The maximum absolute atomic E-state index is 12.1. The molecular weight excluding hydrogens is 364 g/mol. The molecule has 144 valence electrons. The number of nitrogens with one attached hydrogen (secondary N) is 2. The van der Waals surface area contributed by atoms with Gasteiger partial charge in [0, 0.05) is 23.7 Å². The molecular formula is C20H24N2O4S. The predicted octanol–water partition coefficient (Wildman–Crippen LogP) is 3.74. The Morgan fingerprint density at radius 2 is 1.85 bits per heavy atom. The standard InChI is InChI=1S/C20H24N2O4S/c1-13(2)22-27(24,25)17-8-4-15(5-9-17)21-20(23)11-7-16-6-10-19(26-16)18-12-14(18)3/h4-11,13-14,18,22H,12H2,1-3H3,(H,21,23). The topological polar surface area (TPSA) is 88.4 Å². The van der Waals surface area contributed by atoms with Crippen LogP contribution in [0.4, 0.5) is 5.69 Å². The van der Waals surface area contributed by atoms with E-state index < -0.39 is 10.0 Å². The van der Waals surface area contributed by atoms with Crippen LogP contribution in [0.2, 0.25) is 0 Å². The second-order valence-corrected chi connectivity index (χ2v) is 8.90. The van der Waals surface area contributed by atoms with Crippen LogP contribution in [0.5, 0.6) is 0 Å². The van der Waals surface area contributed by atoms with Crippen molar-refractivity contribution in [1.29, 1.82) is 0 Å². The van der Waals surface area contributed by atoms with Gasteiger partial charge in [0.15, 0.2) is 0 Å². The van der Waals surface area contributed by atoms with E-state index in [0.29, 0.717) is 23.3 Å². The number of carbonyl (C=O) groups is 1. The Hall–Kier alpha value is -2.38. The van der Waals surface area contributed by atoms with Gasteiger partial charge in [-0.05, 0) is 68.7 Å². The van der Waals surface area contributed by atoms with Gasteiger partial charge in [-0.15, -0.1) is 0 Å². The quantitative estimate of drug-likeness (QED) is 0.707. The summed E-state index contributed by atoms with van der Waals surface area (Å²) in [6.45, 7) is 5.70. The Labute approximate surface area is 159 Å². The summed E-state index contributed by atoms with van der Waals surface area (Å²) in [5.74, 6) is 2.46. The number of furan rings is 1. The average molecular weight is 388 g/mol. The van der Waals surface area contributed by atoms with Crippen LogP contribution >= 0.6 is 0 Å². The molecule has 1 aromatic heterocycles. The van der Waals surface area contributed by atoms with Crippen molar-refractivity contribution in [1.82, 2.24) is 4.72 Å². The van der Waals surface area contributed by atoms with E-state index in [-0.39, 0.29) is 16.8 Å². The average Bonchev–Trinajstić information content (AvgIpc) is 3.14. The Morgan fingerprint density at radius 1 is 1.19 bits per heavy atom. The first-order chi connectivity index (χ1) is 12.7. The highest BCUT2D eigenvalue weighted by atomic mass is 32.2. The van der Waals surface area contributed by atoms with Gasteiger partial charge in [0.05, 0.1) is 4.90 Å². The van der Waals surface area contributed by atoms with Gasteiger partial charge < -0.3 is 9.73 Å². The minimum absolute atomic E-state index is 0.155. The molecule has 0 saturated heterocycles. The van der Waals surface area contributed by atoms with Gasteiger partial charge in [-0.25, -0.2) is 13.1 Å². The third-order valence-electron chi connectivity index (χ3n) is 4.34. The molecule has 27 heavy (non-hydrogen) atoms. The van der Waals surface area contributed by atoms with E-state index in [1.807, 2.05) is 12.1 Å². The number of sulfonamides is 1. The van der Waals surface area contributed by atoms with Gasteiger partial charge in [0.1, 0.15) is 11.5 Å². The maximum atomic E-state index is 12.1. The van der Waals surface area contributed by atoms with E-state index in [4.69, 9.17) is 4.42 Å². The van der Waals surface area contributed by atoms with Crippen LogP contribution in [0.15, 0.2) is 51.8 Å². The zero-order valence-corrected chi connectivity index (χ0v) is 16.4. The van der Waals surface area contributed by atoms with Gasteiger partial charge in [-0.2, -0.15) is 0 Å². The lowest BCUT2D eigenvalue weighted by molar-refractivity contribution is -0.111. The van der Waals surface area contributed by atoms with Crippen LogP contribution in [0, 0.1) is 5.92 Å². The van der Waals surface area contributed by atoms with Gasteiger partial charge >= 0.3 is 0 Å². The third-order valence-corrected chi connectivity index (χ3v) is 6.02. The highest BCUT2D eigenvalue weighted by Gasteiger charge is 2.36. The molecule has 1 saturated carbocycles. The number of carbonyl (C=O) groups excluding carboxylic acids is 1. The van der Waals surface area contributed by atoms with E-state index in [0.717, 1.165) is 12.2 Å². The molecule has 0 bridgehead atoms. The van der Waals surface area contributed by atoms with Gasteiger partial charge in [-0.1, -0.05) is 6.92 Å². The van der Waals surface area contributed by atoms with Gasteiger partial charge in [0.2, 0.25) is 15.9 Å². The van der Waals surface area contributed by atoms with Crippen molar-refractivity contribution >= 4 is 27.7 Å². The second-order valence-electron chi connectivity index (χ2n) is 7.18. The molecule has 3 rings (SSSR count). The van der Waals surface area contributed by atoms with Crippen molar-refractivity contribution in [2.24, 2.45) is 5.92 Å². The normalized spacial score (nSPS) is 19.6. The van der Waals surface area contributed by atoms with Crippen molar-refractivity contribution in [2.75, 3.05) is 5.32 Å². The fourth-order valence-electron chi connectivity index (χ4n) is 2.81. The molecule has 7 heteroatoms. The van der Waals surface area contributed by atoms with Crippen molar-refractivity contribution in [3.05, 3.63) is 54.0 Å². The number of rotatable bonds is 7. The van der Waals surface area contributed by atoms with E-state index in [2.05, 4.69) is 17.0 Å². The highest BCUT2D eigenvalue weighted by molar-refractivity contribution is 7.89. The van der Waals surface area contributed by atoms with E-state index in [1.165, 1.54) is 18.2 Å².